The van der Waals surface area contributed by atoms with Gasteiger partial charge in [0.05, 0.1) is 24.5 Å². The Labute approximate surface area is 146 Å². The second-order valence-electron chi connectivity index (χ2n) is 6.21. The molecule has 1 aromatic heterocycles. The van der Waals surface area contributed by atoms with Crippen molar-refractivity contribution in [3.05, 3.63) is 77.6 Å². The first kappa shape index (κ1) is 15.4. The van der Waals surface area contributed by atoms with E-state index >= 15 is 0 Å². The van der Waals surface area contributed by atoms with Gasteiger partial charge in [0, 0.05) is 23.7 Å². The molecule has 0 aliphatic carbocycles. The van der Waals surface area contributed by atoms with Gasteiger partial charge in [0.25, 0.3) is 5.91 Å². The molecule has 4 rings (SSSR count). The van der Waals surface area contributed by atoms with Gasteiger partial charge in [-0.05, 0) is 42.8 Å². The van der Waals surface area contributed by atoms with Crippen LogP contribution in [-0.4, -0.2) is 22.3 Å². The van der Waals surface area contributed by atoms with Gasteiger partial charge >= 0.3 is 0 Å². The van der Waals surface area contributed by atoms with Gasteiger partial charge in [-0.1, -0.05) is 18.2 Å². The summed E-state index contributed by atoms with van der Waals surface area (Å²) in [4.78, 5) is 12.6. The molecule has 1 N–H and O–H groups in total. The van der Waals surface area contributed by atoms with Gasteiger partial charge in [-0.25, -0.2) is 4.68 Å². The number of carbonyl (C=O) groups is 1. The highest BCUT2D eigenvalue weighted by molar-refractivity contribution is 5.94. The normalized spacial score (nSPS) is 16.0. The Morgan fingerprint density at radius 3 is 2.76 bits per heavy atom. The first-order valence-corrected chi connectivity index (χ1v) is 8.35. The molecule has 0 saturated heterocycles. The van der Waals surface area contributed by atoms with Gasteiger partial charge in [0.2, 0.25) is 0 Å². The fraction of sp³-hybridized carbons (Fsp3) is 0.200. The third kappa shape index (κ3) is 3.13. The topological polar surface area (TPSA) is 56.2 Å². The highest BCUT2D eigenvalue weighted by Gasteiger charge is 2.23. The van der Waals surface area contributed by atoms with Crippen molar-refractivity contribution in [2.45, 2.75) is 19.4 Å². The minimum Gasteiger partial charge on any atom is -0.493 e. The number of hydrogen-bond donors (Lipinski definition) is 1. The molecule has 126 valence electrons. The van der Waals surface area contributed by atoms with Gasteiger partial charge in [-0.15, -0.1) is 0 Å². The van der Waals surface area contributed by atoms with Crippen molar-refractivity contribution in [3.63, 3.8) is 0 Å². The number of rotatable bonds is 3. The molecule has 1 aliphatic rings. The minimum atomic E-state index is -0.0788. The largest absolute Gasteiger partial charge is 0.493 e. The second kappa shape index (κ2) is 6.43. The van der Waals surface area contributed by atoms with Crippen LogP contribution in [0.1, 0.15) is 33.9 Å². The molecule has 25 heavy (non-hydrogen) atoms. The van der Waals surface area contributed by atoms with E-state index in [-0.39, 0.29) is 11.9 Å². The van der Waals surface area contributed by atoms with Crippen LogP contribution >= 0.6 is 0 Å². The van der Waals surface area contributed by atoms with Gasteiger partial charge in [0.15, 0.2) is 0 Å². The molecule has 0 saturated carbocycles. The fourth-order valence-corrected chi connectivity index (χ4v) is 3.05. The van der Waals surface area contributed by atoms with E-state index in [4.69, 9.17) is 4.74 Å². The standard InChI is InChI=1S/C20H19N3O2/c1-14-12-21-23(13-14)16-8-6-15(7-9-16)20(24)22-18-10-11-25-19-5-3-2-4-17(18)19/h2-9,12-13,18H,10-11H2,1H3,(H,22,24)/t18-/m1/s1. The highest BCUT2D eigenvalue weighted by Crippen LogP contribution is 2.31. The fourth-order valence-electron chi connectivity index (χ4n) is 3.05. The number of hydrogen-bond acceptors (Lipinski definition) is 3. The van der Waals surface area contributed by atoms with Crippen molar-refractivity contribution in [2.24, 2.45) is 0 Å². The first-order chi connectivity index (χ1) is 12.2. The lowest BCUT2D eigenvalue weighted by atomic mass is 10.00. The Hall–Kier alpha value is -3.08. The molecule has 0 radical (unpaired) electrons. The van der Waals surface area contributed by atoms with Crippen LogP contribution in [0.3, 0.4) is 0 Å². The van der Waals surface area contributed by atoms with Crippen LogP contribution in [-0.2, 0) is 0 Å². The van der Waals surface area contributed by atoms with Crippen molar-refractivity contribution in [1.29, 1.82) is 0 Å². The smallest absolute Gasteiger partial charge is 0.251 e. The van der Waals surface area contributed by atoms with E-state index in [1.165, 1.54) is 0 Å². The summed E-state index contributed by atoms with van der Waals surface area (Å²) in [6.45, 7) is 2.61. The van der Waals surface area contributed by atoms with Crippen LogP contribution in [0.4, 0.5) is 0 Å². The number of carbonyl (C=O) groups excluding carboxylic acids is 1. The van der Waals surface area contributed by atoms with Gasteiger partial charge < -0.3 is 10.1 Å². The van der Waals surface area contributed by atoms with Crippen LogP contribution in [0.15, 0.2) is 60.9 Å². The van der Waals surface area contributed by atoms with Crippen molar-refractivity contribution in [3.8, 4) is 11.4 Å². The van der Waals surface area contributed by atoms with Crippen LogP contribution in [0, 0.1) is 6.92 Å². The summed E-state index contributed by atoms with van der Waals surface area (Å²) in [5.41, 5.74) is 3.70. The summed E-state index contributed by atoms with van der Waals surface area (Å²) in [5, 5.41) is 7.39. The Morgan fingerprint density at radius 2 is 2.00 bits per heavy atom. The van der Waals surface area contributed by atoms with Gasteiger partial charge in [-0.2, -0.15) is 5.10 Å². The van der Waals surface area contributed by atoms with E-state index in [1.54, 1.807) is 4.68 Å². The lowest BCUT2D eigenvalue weighted by Gasteiger charge is -2.26. The van der Waals surface area contributed by atoms with Crippen molar-refractivity contribution < 1.29 is 9.53 Å². The van der Waals surface area contributed by atoms with Crippen LogP contribution < -0.4 is 10.1 Å². The number of fused-ring (bicyclic) bond motifs is 1. The van der Waals surface area contributed by atoms with E-state index in [1.807, 2.05) is 67.8 Å². The predicted molar refractivity (Wildman–Crippen MR) is 95.1 cm³/mol. The Kier molecular flexibility index (Phi) is 3.98. The van der Waals surface area contributed by atoms with E-state index in [0.717, 1.165) is 29.0 Å². The van der Waals surface area contributed by atoms with E-state index in [2.05, 4.69) is 10.4 Å². The zero-order valence-corrected chi connectivity index (χ0v) is 14.0. The quantitative estimate of drug-likeness (QED) is 0.799. The Morgan fingerprint density at radius 1 is 1.20 bits per heavy atom. The first-order valence-electron chi connectivity index (χ1n) is 8.35. The summed E-state index contributed by atoms with van der Waals surface area (Å²) in [7, 11) is 0. The van der Waals surface area contributed by atoms with Gasteiger partial charge in [0.1, 0.15) is 5.75 Å². The molecule has 0 bridgehead atoms. The number of nitrogens with one attached hydrogen (secondary N) is 1. The monoisotopic (exact) mass is 333 g/mol. The maximum Gasteiger partial charge on any atom is 0.251 e. The van der Waals surface area contributed by atoms with E-state index in [9.17, 15) is 4.79 Å². The van der Waals surface area contributed by atoms with Crippen molar-refractivity contribution in [2.75, 3.05) is 6.61 Å². The second-order valence-corrected chi connectivity index (χ2v) is 6.21. The molecular weight excluding hydrogens is 314 g/mol. The number of para-hydroxylation sites is 1. The molecule has 1 atom stereocenters. The molecule has 0 fully saturated rings. The van der Waals surface area contributed by atoms with Gasteiger partial charge in [-0.3, -0.25) is 4.79 Å². The van der Waals surface area contributed by atoms with Crippen LogP contribution in [0.2, 0.25) is 0 Å². The maximum absolute atomic E-state index is 12.6. The summed E-state index contributed by atoms with van der Waals surface area (Å²) in [5.74, 6) is 0.772. The summed E-state index contributed by atoms with van der Waals surface area (Å²) in [6, 6.07) is 15.3. The minimum absolute atomic E-state index is 0.0223. The lowest BCUT2D eigenvalue weighted by Crippen LogP contribution is -2.32. The molecule has 0 spiro atoms. The predicted octanol–water partition coefficient (Wildman–Crippen LogP) is 3.43. The van der Waals surface area contributed by atoms with E-state index in [0.29, 0.717) is 12.2 Å². The average molecular weight is 333 g/mol. The third-order valence-corrected chi connectivity index (χ3v) is 4.37. The molecular formula is C20H19N3O2. The zero-order valence-electron chi connectivity index (χ0n) is 14.0. The number of aromatic nitrogens is 2. The van der Waals surface area contributed by atoms with Crippen LogP contribution in [0.25, 0.3) is 5.69 Å². The molecule has 5 heteroatoms. The molecule has 1 amide bonds. The van der Waals surface area contributed by atoms with E-state index < -0.39 is 0 Å². The third-order valence-electron chi connectivity index (χ3n) is 4.37. The van der Waals surface area contributed by atoms with Crippen LogP contribution in [0.5, 0.6) is 5.75 Å². The molecule has 2 aromatic carbocycles. The molecule has 3 aromatic rings. The number of nitrogens with zero attached hydrogens (tertiary/aromatic N) is 2. The zero-order chi connectivity index (χ0) is 17.2. The van der Waals surface area contributed by atoms with Crippen molar-refractivity contribution in [1.82, 2.24) is 15.1 Å². The Balaban J connectivity index is 1.50. The summed E-state index contributed by atoms with van der Waals surface area (Å²) >= 11 is 0. The highest BCUT2D eigenvalue weighted by atomic mass is 16.5. The molecule has 5 nitrogen and oxygen atoms in total. The maximum atomic E-state index is 12.6. The number of aryl methyl sites for hydroxylation is 1. The average Bonchev–Trinajstić information content (AvgIpc) is 3.08. The SMILES string of the molecule is Cc1cnn(-c2ccc(C(=O)N[C@@H]3CCOc4ccccc43)cc2)c1. The molecule has 1 aliphatic heterocycles. The number of ether oxygens (including phenoxy) is 1. The molecule has 2 heterocycles. The lowest BCUT2D eigenvalue weighted by molar-refractivity contribution is 0.0925. The number of amides is 1. The summed E-state index contributed by atoms with van der Waals surface area (Å²) < 4.78 is 7.44. The summed E-state index contributed by atoms with van der Waals surface area (Å²) in [6.07, 6.45) is 4.53. The Bertz CT molecular complexity index is 899. The van der Waals surface area contributed by atoms with Crippen molar-refractivity contribution >= 4 is 5.91 Å². The number of benzene rings is 2. The molecule has 0 unspecified atom stereocenters.